The Bertz CT molecular complexity index is 430. The molecule has 0 aliphatic rings. The third-order valence-electron chi connectivity index (χ3n) is 2.60. The van der Waals surface area contributed by atoms with Crippen molar-refractivity contribution in [2.75, 3.05) is 20.2 Å². The van der Waals surface area contributed by atoms with Crippen LogP contribution >= 0.6 is 11.6 Å². The number of carbonyl (C=O) groups is 1. The molecular weight excluding hydrogens is 264 g/mol. The van der Waals surface area contributed by atoms with Gasteiger partial charge in [0, 0.05) is 18.6 Å². The first-order valence-corrected chi connectivity index (χ1v) is 6.61. The van der Waals surface area contributed by atoms with E-state index in [1.807, 2.05) is 12.1 Å². The van der Waals surface area contributed by atoms with Gasteiger partial charge in [-0.15, -0.1) is 0 Å². The van der Waals surface area contributed by atoms with E-state index in [4.69, 9.17) is 22.1 Å². The summed E-state index contributed by atoms with van der Waals surface area (Å²) in [6.45, 7) is 4.55. The molecule has 106 valence electrons. The monoisotopic (exact) mass is 284 g/mol. The molecule has 2 N–H and O–H groups in total. The summed E-state index contributed by atoms with van der Waals surface area (Å²) in [5.41, 5.74) is 4.92. The molecule has 0 spiro atoms. The Hall–Kier alpha value is -1.26. The fourth-order valence-electron chi connectivity index (χ4n) is 1.64. The van der Waals surface area contributed by atoms with Crippen molar-refractivity contribution in [3.63, 3.8) is 0 Å². The second kappa shape index (κ2) is 6.78. The molecule has 4 nitrogen and oxygen atoms in total. The van der Waals surface area contributed by atoms with Crippen LogP contribution in [0.5, 0.6) is 5.75 Å². The lowest BCUT2D eigenvalue weighted by Crippen LogP contribution is -2.50. The molecule has 1 rings (SSSR count). The molecule has 0 fully saturated rings. The number of carbonyl (C=O) groups excluding carboxylic acids is 1. The van der Waals surface area contributed by atoms with Crippen LogP contribution in [0.15, 0.2) is 24.3 Å². The van der Waals surface area contributed by atoms with Crippen LogP contribution in [0.25, 0.3) is 0 Å². The van der Waals surface area contributed by atoms with Crippen LogP contribution in [0.2, 0.25) is 5.02 Å². The standard InChI is InChI=1S/C14H21ClN2O2/c1-14(2,16)13(18)17(3)8-5-9-19-12-7-4-6-11(15)10-12/h4,6-7,10H,5,8-9,16H2,1-3H3. The zero-order valence-electron chi connectivity index (χ0n) is 11.6. The molecule has 0 aliphatic carbocycles. The third kappa shape index (κ3) is 5.49. The maximum atomic E-state index is 11.8. The summed E-state index contributed by atoms with van der Waals surface area (Å²) in [6, 6.07) is 7.25. The zero-order chi connectivity index (χ0) is 14.5. The van der Waals surface area contributed by atoms with Crippen LogP contribution in [-0.2, 0) is 4.79 Å². The van der Waals surface area contributed by atoms with Gasteiger partial charge in [-0.25, -0.2) is 0 Å². The minimum Gasteiger partial charge on any atom is -0.493 e. The molecule has 0 aliphatic heterocycles. The van der Waals surface area contributed by atoms with E-state index in [-0.39, 0.29) is 5.91 Å². The van der Waals surface area contributed by atoms with Crippen LogP contribution in [0.3, 0.4) is 0 Å². The molecule has 0 saturated carbocycles. The Morgan fingerprint density at radius 3 is 2.74 bits per heavy atom. The summed E-state index contributed by atoms with van der Waals surface area (Å²) in [5, 5.41) is 0.648. The molecule has 0 bridgehead atoms. The lowest BCUT2D eigenvalue weighted by molar-refractivity contribution is -0.134. The average molecular weight is 285 g/mol. The van der Waals surface area contributed by atoms with E-state index < -0.39 is 5.54 Å². The van der Waals surface area contributed by atoms with E-state index >= 15 is 0 Å². The Labute approximate surface area is 119 Å². The first-order valence-electron chi connectivity index (χ1n) is 6.23. The average Bonchev–Trinajstić information content (AvgIpc) is 2.32. The van der Waals surface area contributed by atoms with Crippen molar-refractivity contribution in [2.24, 2.45) is 5.73 Å². The van der Waals surface area contributed by atoms with Gasteiger partial charge < -0.3 is 15.4 Å². The van der Waals surface area contributed by atoms with Crippen molar-refractivity contribution in [3.05, 3.63) is 29.3 Å². The molecule has 5 heteroatoms. The Balaban J connectivity index is 2.30. The minimum absolute atomic E-state index is 0.0738. The largest absolute Gasteiger partial charge is 0.493 e. The second-order valence-electron chi connectivity index (χ2n) is 5.11. The quantitative estimate of drug-likeness (QED) is 0.816. The van der Waals surface area contributed by atoms with Crippen LogP contribution in [0.1, 0.15) is 20.3 Å². The van der Waals surface area contributed by atoms with Crippen LogP contribution in [0.4, 0.5) is 0 Å². The van der Waals surface area contributed by atoms with Gasteiger partial charge in [0.05, 0.1) is 12.1 Å². The number of rotatable bonds is 6. The van der Waals surface area contributed by atoms with Crippen molar-refractivity contribution in [1.82, 2.24) is 4.90 Å². The van der Waals surface area contributed by atoms with Gasteiger partial charge in [-0.05, 0) is 38.5 Å². The molecule has 1 aromatic carbocycles. The summed E-state index contributed by atoms with van der Waals surface area (Å²) in [5.74, 6) is 0.663. The highest BCUT2D eigenvalue weighted by molar-refractivity contribution is 6.30. The minimum atomic E-state index is -0.831. The summed E-state index contributed by atoms with van der Waals surface area (Å²) in [7, 11) is 1.75. The van der Waals surface area contributed by atoms with Crippen molar-refractivity contribution < 1.29 is 9.53 Å². The maximum Gasteiger partial charge on any atom is 0.241 e. The molecule has 0 atom stereocenters. The van der Waals surface area contributed by atoms with E-state index in [1.165, 1.54) is 0 Å². The number of ether oxygens (including phenoxy) is 1. The highest BCUT2D eigenvalue weighted by Crippen LogP contribution is 2.17. The van der Waals surface area contributed by atoms with Crippen LogP contribution < -0.4 is 10.5 Å². The third-order valence-corrected chi connectivity index (χ3v) is 2.84. The predicted octanol–water partition coefficient (Wildman–Crippen LogP) is 2.30. The molecule has 1 amide bonds. The lowest BCUT2D eigenvalue weighted by Gasteiger charge is -2.25. The molecule has 0 heterocycles. The summed E-state index contributed by atoms with van der Waals surface area (Å²) >= 11 is 5.85. The number of nitrogens with zero attached hydrogens (tertiary/aromatic N) is 1. The van der Waals surface area contributed by atoms with Crippen molar-refractivity contribution in [1.29, 1.82) is 0 Å². The molecule has 0 radical (unpaired) electrons. The van der Waals surface area contributed by atoms with Gasteiger partial charge in [-0.3, -0.25) is 4.79 Å². The normalized spacial score (nSPS) is 11.2. The van der Waals surface area contributed by atoms with Gasteiger partial charge >= 0.3 is 0 Å². The fraction of sp³-hybridized carbons (Fsp3) is 0.500. The molecule has 0 saturated heterocycles. The molecule has 1 aromatic rings. The first-order chi connectivity index (χ1) is 8.80. The summed E-state index contributed by atoms with van der Waals surface area (Å²) in [4.78, 5) is 13.4. The molecule has 19 heavy (non-hydrogen) atoms. The number of likely N-dealkylation sites (N-methyl/N-ethyl adjacent to an activating group) is 1. The second-order valence-corrected chi connectivity index (χ2v) is 5.54. The van der Waals surface area contributed by atoms with E-state index in [9.17, 15) is 4.79 Å². The number of amides is 1. The van der Waals surface area contributed by atoms with E-state index in [0.717, 1.165) is 12.2 Å². The van der Waals surface area contributed by atoms with Crippen LogP contribution in [-0.4, -0.2) is 36.5 Å². The topological polar surface area (TPSA) is 55.6 Å². The highest BCUT2D eigenvalue weighted by atomic mass is 35.5. The van der Waals surface area contributed by atoms with Gasteiger partial charge in [0.25, 0.3) is 0 Å². The number of halogens is 1. The van der Waals surface area contributed by atoms with Crippen molar-refractivity contribution in [2.45, 2.75) is 25.8 Å². The SMILES string of the molecule is CN(CCCOc1cccc(Cl)c1)C(=O)C(C)(C)N. The van der Waals surface area contributed by atoms with Crippen LogP contribution in [0, 0.1) is 0 Å². The first kappa shape index (κ1) is 15.8. The highest BCUT2D eigenvalue weighted by Gasteiger charge is 2.24. The lowest BCUT2D eigenvalue weighted by atomic mass is 10.1. The van der Waals surface area contributed by atoms with Gasteiger partial charge in [-0.2, -0.15) is 0 Å². The van der Waals surface area contributed by atoms with E-state index in [1.54, 1.807) is 37.9 Å². The molecular formula is C14H21ClN2O2. The summed E-state index contributed by atoms with van der Waals surface area (Å²) in [6.07, 6.45) is 0.741. The molecule has 0 unspecified atom stereocenters. The predicted molar refractivity (Wildman–Crippen MR) is 77.5 cm³/mol. The number of hydrogen-bond acceptors (Lipinski definition) is 3. The maximum absolute atomic E-state index is 11.8. The Morgan fingerprint density at radius 1 is 1.47 bits per heavy atom. The number of benzene rings is 1. The van der Waals surface area contributed by atoms with Gasteiger partial charge in [0.15, 0.2) is 0 Å². The Morgan fingerprint density at radius 2 is 2.16 bits per heavy atom. The fourth-order valence-corrected chi connectivity index (χ4v) is 1.82. The van der Waals surface area contributed by atoms with Gasteiger partial charge in [-0.1, -0.05) is 17.7 Å². The number of nitrogens with two attached hydrogens (primary N) is 1. The smallest absolute Gasteiger partial charge is 0.241 e. The van der Waals surface area contributed by atoms with E-state index in [2.05, 4.69) is 0 Å². The molecule has 0 aromatic heterocycles. The van der Waals surface area contributed by atoms with Gasteiger partial charge in [0.1, 0.15) is 5.75 Å². The Kier molecular flexibility index (Phi) is 5.63. The van der Waals surface area contributed by atoms with E-state index in [0.29, 0.717) is 18.2 Å². The number of hydrogen-bond donors (Lipinski definition) is 1. The van der Waals surface area contributed by atoms with Crippen molar-refractivity contribution in [3.8, 4) is 5.75 Å². The zero-order valence-corrected chi connectivity index (χ0v) is 12.4. The van der Waals surface area contributed by atoms with Crippen molar-refractivity contribution >= 4 is 17.5 Å². The summed E-state index contributed by atoms with van der Waals surface area (Å²) < 4.78 is 5.55. The van der Waals surface area contributed by atoms with Gasteiger partial charge in [0.2, 0.25) is 5.91 Å².